The number of benzene rings is 2. The molecule has 2 aromatic rings. The zero-order chi connectivity index (χ0) is 20.8. The first kappa shape index (κ1) is 21.1. The van der Waals surface area contributed by atoms with Gasteiger partial charge in [0.25, 0.3) is 5.91 Å². The summed E-state index contributed by atoms with van der Waals surface area (Å²) in [6.45, 7) is 5.18. The maximum Gasteiger partial charge on any atom is 0.310 e. The van der Waals surface area contributed by atoms with Gasteiger partial charge in [-0.05, 0) is 54.8 Å². The number of halogens is 1. The highest BCUT2D eigenvalue weighted by atomic mass is 19.1. The third-order valence-electron chi connectivity index (χ3n) is 4.39. The first-order valence-corrected chi connectivity index (χ1v) is 8.89. The highest BCUT2D eigenvalue weighted by molar-refractivity contribution is 6.01. The topological polar surface area (TPSA) is 95.5 Å². The first-order chi connectivity index (χ1) is 13.2. The number of nitrogens with one attached hydrogen (secondary N) is 2. The van der Waals surface area contributed by atoms with Crippen molar-refractivity contribution in [2.45, 2.75) is 32.7 Å². The zero-order valence-corrected chi connectivity index (χ0v) is 15.9. The van der Waals surface area contributed by atoms with Crippen molar-refractivity contribution < 1.29 is 23.9 Å². The van der Waals surface area contributed by atoms with Crippen LogP contribution in [0.25, 0.3) is 0 Å². The summed E-state index contributed by atoms with van der Waals surface area (Å²) in [6.07, 6.45) is 0. The minimum atomic E-state index is -0.930. The van der Waals surface area contributed by atoms with Crippen molar-refractivity contribution in [3.05, 3.63) is 65.5 Å². The van der Waals surface area contributed by atoms with E-state index in [1.54, 1.807) is 45.0 Å². The molecule has 0 fully saturated rings. The van der Waals surface area contributed by atoms with Crippen LogP contribution in [0.2, 0.25) is 0 Å². The summed E-state index contributed by atoms with van der Waals surface area (Å²) in [5, 5.41) is 14.4. The van der Waals surface area contributed by atoms with Crippen molar-refractivity contribution in [3.8, 4) is 0 Å². The smallest absolute Gasteiger partial charge is 0.310 e. The zero-order valence-electron chi connectivity index (χ0n) is 15.9. The molecular formula is C21H23FN2O4. The number of amides is 2. The normalized spacial score (nSPS) is 12.9. The van der Waals surface area contributed by atoms with Gasteiger partial charge in [0, 0.05) is 11.3 Å². The number of carbonyl (C=O) groups excluding carboxylic acids is 2. The summed E-state index contributed by atoms with van der Waals surface area (Å²) in [5.74, 6) is -3.08. The van der Waals surface area contributed by atoms with Gasteiger partial charge in [-0.3, -0.25) is 14.4 Å². The van der Waals surface area contributed by atoms with Crippen molar-refractivity contribution in [2.75, 3.05) is 5.32 Å². The van der Waals surface area contributed by atoms with Gasteiger partial charge in [-0.1, -0.05) is 26.0 Å². The SMILES string of the molecule is CC(C(=O)O)c1ccc(NC(=O)C(NC(=O)c2ccc(F)cc2)C(C)C)cc1. The summed E-state index contributed by atoms with van der Waals surface area (Å²) < 4.78 is 13.0. The second-order valence-corrected chi connectivity index (χ2v) is 6.87. The summed E-state index contributed by atoms with van der Waals surface area (Å²) in [5.41, 5.74) is 1.37. The Morgan fingerprint density at radius 3 is 2.00 bits per heavy atom. The molecule has 0 aliphatic carbocycles. The number of carboxylic acids is 1. The van der Waals surface area contributed by atoms with Gasteiger partial charge < -0.3 is 15.7 Å². The van der Waals surface area contributed by atoms with Crippen molar-refractivity contribution in [1.82, 2.24) is 5.32 Å². The quantitative estimate of drug-likeness (QED) is 0.680. The number of rotatable bonds is 7. The summed E-state index contributed by atoms with van der Waals surface area (Å²) in [7, 11) is 0. The van der Waals surface area contributed by atoms with Gasteiger partial charge in [0.15, 0.2) is 0 Å². The second kappa shape index (κ2) is 9.12. The molecule has 0 saturated heterocycles. The largest absolute Gasteiger partial charge is 0.481 e. The van der Waals surface area contributed by atoms with Gasteiger partial charge in [-0.25, -0.2) is 4.39 Å². The van der Waals surface area contributed by atoms with Crippen LogP contribution >= 0.6 is 0 Å². The number of aliphatic carboxylic acids is 1. The lowest BCUT2D eigenvalue weighted by Crippen LogP contribution is -2.47. The minimum Gasteiger partial charge on any atom is -0.481 e. The third kappa shape index (κ3) is 5.39. The molecule has 0 saturated carbocycles. The van der Waals surface area contributed by atoms with Crippen molar-refractivity contribution in [2.24, 2.45) is 5.92 Å². The summed E-state index contributed by atoms with van der Waals surface area (Å²) >= 11 is 0. The van der Waals surface area contributed by atoms with E-state index in [9.17, 15) is 18.8 Å². The van der Waals surface area contributed by atoms with E-state index in [1.165, 1.54) is 24.3 Å². The molecular weight excluding hydrogens is 363 g/mol. The van der Waals surface area contributed by atoms with E-state index in [0.717, 1.165) is 0 Å². The average molecular weight is 386 g/mol. The number of hydrogen-bond acceptors (Lipinski definition) is 3. The van der Waals surface area contributed by atoms with E-state index >= 15 is 0 Å². The van der Waals surface area contributed by atoms with Crippen molar-refractivity contribution >= 4 is 23.5 Å². The Hall–Kier alpha value is -3.22. The van der Waals surface area contributed by atoms with E-state index in [4.69, 9.17) is 5.11 Å². The highest BCUT2D eigenvalue weighted by Crippen LogP contribution is 2.19. The lowest BCUT2D eigenvalue weighted by molar-refractivity contribution is -0.138. The Bertz CT molecular complexity index is 848. The van der Waals surface area contributed by atoms with E-state index in [-0.39, 0.29) is 11.5 Å². The minimum absolute atomic E-state index is 0.185. The van der Waals surface area contributed by atoms with Crippen molar-refractivity contribution in [3.63, 3.8) is 0 Å². The molecule has 148 valence electrons. The summed E-state index contributed by atoms with van der Waals surface area (Å²) in [6, 6.07) is 10.8. The lowest BCUT2D eigenvalue weighted by atomic mass is 10.0. The van der Waals surface area contributed by atoms with Gasteiger partial charge >= 0.3 is 5.97 Å². The number of hydrogen-bond donors (Lipinski definition) is 3. The number of carbonyl (C=O) groups is 3. The number of carboxylic acid groups (broad SMARTS) is 1. The highest BCUT2D eigenvalue weighted by Gasteiger charge is 2.25. The van der Waals surface area contributed by atoms with Crippen LogP contribution in [0.4, 0.5) is 10.1 Å². The molecule has 0 aromatic heterocycles. The molecule has 0 aliphatic heterocycles. The Balaban J connectivity index is 2.07. The van der Waals surface area contributed by atoms with Crippen LogP contribution < -0.4 is 10.6 Å². The molecule has 0 radical (unpaired) electrons. The molecule has 0 heterocycles. The molecule has 7 heteroatoms. The number of anilines is 1. The molecule has 2 unspecified atom stereocenters. The molecule has 28 heavy (non-hydrogen) atoms. The van der Waals surface area contributed by atoms with E-state index in [1.807, 2.05) is 0 Å². The van der Waals surface area contributed by atoms with Gasteiger partial charge in [0.2, 0.25) is 5.91 Å². The van der Waals surface area contributed by atoms with Crippen LogP contribution in [0.5, 0.6) is 0 Å². The Morgan fingerprint density at radius 2 is 1.50 bits per heavy atom. The Morgan fingerprint density at radius 1 is 0.929 bits per heavy atom. The fraction of sp³-hybridized carbons (Fsp3) is 0.286. The maximum absolute atomic E-state index is 13.0. The van der Waals surface area contributed by atoms with Gasteiger partial charge in [0.05, 0.1) is 5.92 Å². The molecule has 0 spiro atoms. The standard InChI is InChI=1S/C21H23FN2O4/c1-12(2)18(24-19(25)15-4-8-16(22)9-5-15)20(26)23-17-10-6-14(7-11-17)13(3)21(27)28/h4-13,18H,1-3H3,(H,23,26)(H,24,25)(H,27,28). The fourth-order valence-corrected chi connectivity index (χ4v) is 2.58. The van der Waals surface area contributed by atoms with E-state index in [0.29, 0.717) is 11.3 Å². The molecule has 3 N–H and O–H groups in total. The van der Waals surface area contributed by atoms with Crippen LogP contribution in [0.15, 0.2) is 48.5 Å². The van der Waals surface area contributed by atoms with Crippen LogP contribution in [0.3, 0.4) is 0 Å². The second-order valence-electron chi connectivity index (χ2n) is 6.87. The van der Waals surface area contributed by atoms with E-state index in [2.05, 4.69) is 10.6 Å². The fourth-order valence-electron chi connectivity index (χ4n) is 2.58. The van der Waals surface area contributed by atoms with Gasteiger partial charge in [-0.2, -0.15) is 0 Å². The molecule has 2 aromatic carbocycles. The maximum atomic E-state index is 13.0. The monoisotopic (exact) mass is 386 g/mol. The lowest BCUT2D eigenvalue weighted by Gasteiger charge is -2.22. The molecule has 6 nitrogen and oxygen atoms in total. The predicted molar refractivity (Wildman–Crippen MR) is 104 cm³/mol. The molecule has 2 amide bonds. The van der Waals surface area contributed by atoms with Crippen LogP contribution in [-0.2, 0) is 9.59 Å². The average Bonchev–Trinajstić information content (AvgIpc) is 2.66. The Kier molecular flexibility index (Phi) is 6.87. The molecule has 0 bridgehead atoms. The Labute approximate surface area is 162 Å². The van der Waals surface area contributed by atoms with E-state index < -0.39 is 35.6 Å². The van der Waals surface area contributed by atoms with Crippen molar-refractivity contribution in [1.29, 1.82) is 0 Å². The van der Waals surface area contributed by atoms with Gasteiger partial charge in [0.1, 0.15) is 11.9 Å². The molecule has 0 aliphatic rings. The molecule has 2 rings (SSSR count). The third-order valence-corrected chi connectivity index (χ3v) is 4.39. The van der Waals surface area contributed by atoms with Crippen LogP contribution in [0, 0.1) is 11.7 Å². The van der Waals surface area contributed by atoms with Crippen LogP contribution in [0.1, 0.15) is 42.6 Å². The first-order valence-electron chi connectivity index (χ1n) is 8.89. The predicted octanol–water partition coefficient (Wildman–Crippen LogP) is 3.41. The molecule has 2 atom stereocenters. The van der Waals surface area contributed by atoms with Crippen LogP contribution in [-0.4, -0.2) is 28.9 Å². The van der Waals surface area contributed by atoms with Gasteiger partial charge in [-0.15, -0.1) is 0 Å². The summed E-state index contributed by atoms with van der Waals surface area (Å²) in [4.78, 5) is 36.0.